The number of hydrogen-bond donors (Lipinski definition) is 2. The van der Waals surface area contributed by atoms with Crippen LogP contribution in [0.5, 0.6) is 0 Å². The van der Waals surface area contributed by atoms with Crippen molar-refractivity contribution in [1.82, 2.24) is 4.57 Å². The van der Waals surface area contributed by atoms with Crippen molar-refractivity contribution in [3.05, 3.63) is 62.5 Å². The van der Waals surface area contributed by atoms with Crippen molar-refractivity contribution < 1.29 is 14.7 Å². The monoisotopic (exact) mass is 340 g/mol. The Balaban J connectivity index is 2.19. The molecule has 8 heteroatoms. The Hall–Kier alpha value is -2.31. The maximum absolute atomic E-state index is 12.0. The molecule has 1 amide bonds. The molecule has 0 aliphatic heterocycles. The third-order valence-corrected chi connectivity index (χ3v) is 3.59. The Morgan fingerprint density at radius 1 is 1.18 bits per heavy atom. The number of carboxylic acid groups (broad SMARTS) is 1. The number of anilines is 1. The molecular formula is C14H10Cl2N2O4. The molecule has 0 radical (unpaired) electrons. The van der Waals surface area contributed by atoms with Crippen LogP contribution >= 0.6 is 23.2 Å². The number of benzene rings is 1. The number of amides is 1. The van der Waals surface area contributed by atoms with E-state index in [1.807, 2.05) is 0 Å². The third kappa shape index (κ3) is 3.66. The number of nitrogens with zero attached hydrogens (tertiary/aromatic N) is 1. The summed E-state index contributed by atoms with van der Waals surface area (Å²) in [6.45, 7) is -0.344. The van der Waals surface area contributed by atoms with Crippen molar-refractivity contribution >= 4 is 40.8 Å². The summed E-state index contributed by atoms with van der Waals surface area (Å²) >= 11 is 11.8. The highest BCUT2D eigenvalue weighted by atomic mass is 35.5. The van der Waals surface area contributed by atoms with Gasteiger partial charge in [0.1, 0.15) is 6.54 Å². The van der Waals surface area contributed by atoms with Crippen LogP contribution in [0.3, 0.4) is 0 Å². The van der Waals surface area contributed by atoms with Gasteiger partial charge in [0, 0.05) is 12.3 Å². The van der Waals surface area contributed by atoms with Crippen molar-refractivity contribution in [1.29, 1.82) is 0 Å². The first-order chi connectivity index (χ1) is 10.4. The molecule has 0 aliphatic rings. The van der Waals surface area contributed by atoms with Crippen LogP contribution in [0.4, 0.5) is 5.69 Å². The maximum atomic E-state index is 12.0. The van der Waals surface area contributed by atoms with Crippen LogP contribution in [-0.2, 0) is 11.3 Å². The van der Waals surface area contributed by atoms with Crippen LogP contribution in [0.15, 0.2) is 41.3 Å². The Kier molecular flexibility index (Phi) is 4.85. The summed E-state index contributed by atoms with van der Waals surface area (Å²) in [7, 11) is 0. The van der Waals surface area contributed by atoms with E-state index in [1.54, 1.807) is 18.2 Å². The quantitative estimate of drug-likeness (QED) is 0.894. The topological polar surface area (TPSA) is 88.4 Å². The van der Waals surface area contributed by atoms with Gasteiger partial charge in [-0.25, -0.2) is 4.79 Å². The predicted molar refractivity (Wildman–Crippen MR) is 82.8 cm³/mol. The van der Waals surface area contributed by atoms with Gasteiger partial charge in [-0.05, 0) is 18.2 Å². The van der Waals surface area contributed by atoms with E-state index in [1.165, 1.54) is 6.07 Å². The first-order valence-electron chi connectivity index (χ1n) is 6.06. The van der Waals surface area contributed by atoms with E-state index >= 15 is 0 Å². The number of carbonyl (C=O) groups excluding carboxylic acids is 1. The number of carboxylic acids is 1. The van der Waals surface area contributed by atoms with Crippen molar-refractivity contribution in [3.63, 3.8) is 0 Å². The Labute approximate surface area is 134 Å². The smallest absolute Gasteiger partial charge is 0.337 e. The van der Waals surface area contributed by atoms with E-state index in [2.05, 4.69) is 5.32 Å². The zero-order valence-electron chi connectivity index (χ0n) is 11.0. The SMILES string of the molecule is O=C(Cn1cc(C(=O)O)ccc1=O)Nc1cccc(Cl)c1Cl. The molecule has 0 atom stereocenters. The number of hydrogen-bond acceptors (Lipinski definition) is 3. The lowest BCUT2D eigenvalue weighted by Gasteiger charge is -2.10. The number of rotatable bonds is 4. The summed E-state index contributed by atoms with van der Waals surface area (Å²) in [6, 6.07) is 7.00. The van der Waals surface area contributed by atoms with Gasteiger partial charge in [0.25, 0.3) is 5.56 Å². The molecule has 0 bridgehead atoms. The molecule has 1 heterocycles. The minimum absolute atomic E-state index is 0.0896. The lowest BCUT2D eigenvalue weighted by atomic mass is 10.3. The fraction of sp³-hybridized carbons (Fsp3) is 0.0714. The van der Waals surface area contributed by atoms with Crippen LogP contribution in [0.25, 0.3) is 0 Å². The Morgan fingerprint density at radius 2 is 1.91 bits per heavy atom. The molecule has 0 unspecified atom stereocenters. The van der Waals surface area contributed by atoms with E-state index < -0.39 is 17.4 Å². The molecule has 1 aromatic carbocycles. The molecule has 0 saturated heterocycles. The molecule has 1 aromatic heterocycles. The molecule has 2 N–H and O–H groups in total. The van der Waals surface area contributed by atoms with Crippen LogP contribution < -0.4 is 10.9 Å². The number of aromatic carboxylic acids is 1. The van der Waals surface area contributed by atoms with E-state index in [0.29, 0.717) is 5.69 Å². The molecule has 0 saturated carbocycles. The van der Waals surface area contributed by atoms with E-state index in [-0.39, 0.29) is 22.2 Å². The average Bonchev–Trinajstić information content (AvgIpc) is 2.46. The summed E-state index contributed by atoms with van der Waals surface area (Å²) in [5.74, 6) is -1.72. The second-order valence-electron chi connectivity index (χ2n) is 4.34. The van der Waals surface area contributed by atoms with E-state index in [0.717, 1.165) is 16.8 Å². The van der Waals surface area contributed by atoms with Gasteiger partial charge in [0.2, 0.25) is 5.91 Å². The van der Waals surface area contributed by atoms with E-state index in [4.69, 9.17) is 28.3 Å². The molecule has 2 aromatic rings. The van der Waals surface area contributed by atoms with Gasteiger partial charge in [0.05, 0.1) is 21.3 Å². The van der Waals surface area contributed by atoms with Crippen molar-refractivity contribution in [2.75, 3.05) is 5.32 Å². The fourth-order valence-corrected chi connectivity index (χ4v) is 2.07. The summed E-state index contributed by atoms with van der Waals surface area (Å²) in [5.41, 5.74) is -0.271. The molecule has 0 fully saturated rings. The highest BCUT2D eigenvalue weighted by Crippen LogP contribution is 2.29. The van der Waals surface area contributed by atoms with Crippen molar-refractivity contribution in [2.45, 2.75) is 6.54 Å². The summed E-state index contributed by atoms with van der Waals surface area (Å²) < 4.78 is 0.997. The minimum Gasteiger partial charge on any atom is -0.478 e. The largest absolute Gasteiger partial charge is 0.478 e. The first kappa shape index (κ1) is 16.1. The minimum atomic E-state index is -1.19. The second-order valence-corrected chi connectivity index (χ2v) is 5.12. The molecule has 2 rings (SSSR count). The van der Waals surface area contributed by atoms with Crippen LogP contribution in [-0.4, -0.2) is 21.6 Å². The molecule has 22 heavy (non-hydrogen) atoms. The highest BCUT2D eigenvalue weighted by Gasteiger charge is 2.11. The van der Waals surface area contributed by atoms with Gasteiger partial charge in [-0.15, -0.1) is 0 Å². The number of halogens is 2. The van der Waals surface area contributed by atoms with Gasteiger partial charge >= 0.3 is 5.97 Å². The number of pyridine rings is 1. The van der Waals surface area contributed by atoms with E-state index in [9.17, 15) is 14.4 Å². The average molecular weight is 341 g/mol. The summed E-state index contributed by atoms with van der Waals surface area (Å²) in [4.78, 5) is 34.5. The lowest BCUT2D eigenvalue weighted by Crippen LogP contribution is -2.27. The molecule has 6 nitrogen and oxygen atoms in total. The van der Waals surface area contributed by atoms with Gasteiger partial charge in [-0.2, -0.15) is 0 Å². The van der Waals surface area contributed by atoms with Gasteiger partial charge < -0.3 is 15.0 Å². The molecule has 0 spiro atoms. The number of aromatic nitrogens is 1. The Bertz CT molecular complexity index is 802. The van der Waals surface area contributed by atoms with Crippen molar-refractivity contribution in [3.8, 4) is 0 Å². The fourth-order valence-electron chi connectivity index (χ4n) is 1.73. The molecule has 0 aliphatic carbocycles. The normalized spacial score (nSPS) is 10.3. The zero-order valence-corrected chi connectivity index (χ0v) is 12.6. The van der Waals surface area contributed by atoms with Crippen LogP contribution in [0.2, 0.25) is 10.0 Å². The maximum Gasteiger partial charge on any atom is 0.337 e. The highest BCUT2D eigenvalue weighted by molar-refractivity contribution is 6.43. The number of carbonyl (C=O) groups is 2. The predicted octanol–water partition coefficient (Wildman–Crippen LogP) is 2.49. The third-order valence-electron chi connectivity index (χ3n) is 2.77. The van der Waals surface area contributed by atoms with Gasteiger partial charge in [-0.3, -0.25) is 9.59 Å². The summed E-state index contributed by atoms with van der Waals surface area (Å²) in [6.07, 6.45) is 1.10. The molecule has 114 valence electrons. The standard InChI is InChI=1S/C14H10Cl2N2O4/c15-9-2-1-3-10(13(9)16)17-11(19)7-18-6-8(14(21)22)4-5-12(18)20/h1-6H,7H2,(H,17,19)(H,21,22). The zero-order chi connectivity index (χ0) is 16.3. The van der Waals surface area contributed by atoms with Crippen molar-refractivity contribution in [2.24, 2.45) is 0 Å². The second kappa shape index (κ2) is 6.64. The van der Waals surface area contributed by atoms with Crippen LogP contribution in [0.1, 0.15) is 10.4 Å². The summed E-state index contributed by atoms with van der Waals surface area (Å²) in [5, 5.41) is 11.9. The lowest BCUT2D eigenvalue weighted by molar-refractivity contribution is -0.116. The Morgan fingerprint density at radius 3 is 2.59 bits per heavy atom. The first-order valence-corrected chi connectivity index (χ1v) is 6.81. The number of nitrogens with one attached hydrogen (secondary N) is 1. The van der Waals surface area contributed by atoms with Crippen LogP contribution in [0, 0.1) is 0 Å². The molecular weight excluding hydrogens is 331 g/mol. The van der Waals surface area contributed by atoms with Gasteiger partial charge in [0.15, 0.2) is 0 Å². The van der Waals surface area contributed by atoms with Gasteiger partial charge in [-0.1, -0.05) is 29.3 Å².